The molecule has 0 aliphatic rings. The minimum atomic E-state index is 0.672. The molecule has 0 aliphatic heterocycles. The van der Waals surface area contributed by atoms with E-state index in [0.29, 0.717) is 5.78 Å². The van der Waals surface area contributed by atoms with Crippen LogP contribution in [-0.4, -0.2) is 19.4 Å². The molecule has 1 N–H and O–H groups in total. The number of aromatic nitrogens is 4. The molecule has 5 nitrogen and oxygen atoms in total. The van der Waals surface area contributed by atoms with E-state index in [0.717, 1.165) is 26.7 Å². The van der Waals surface area contributed by atoms with Gasteiger partial charge in [-0.3, -0.25) is 4.40 Å². The van der Waals surface area contributed by atoms with Gasteiger partial charge in [0, 0.05) is 22.2 Å². The van der Waals surface area contributed by atoms with E-state index in [9.17, 15) is 0 Å². The standard InChI is InChI=1S/C15H10BrN5S/c16-10-4-1-2-5-11(10)19-15-20-12(9-22-15)13-8-18-14-17-6-3-7-21(13)14/h1-9H,(H,19,20). The Balaban J connectivity index is 1.68. The molecule has 22 heavy (non-hydrogen) atoms. The van der Waals surface area contributed by atoms with Crippen molar-refractivity contribution in [1.29, 1.82) is 0 Å². The van der Waals surface area contributed by atoms with Crippen molar-refractivity contribution in [3.05, 3.63) is 58.8 Å². The third-order valence-corrected chi connectivity index (χ3v) is 4.62. The van der Waals surface area contributed by atoms with Crippen molar-refractivity contribution in [2.24, 2.45) is 0 Å². The molecule has 0 fully saturated rings. The maximum atomic E-state index is 4.64. The zero-order chi connectivity index (χ0) is 14.9. The van der Waals surface area contributed by atoms with Gasteiger partial charge in [0.15, 0.2) is 5.13 Å². The van der Waals surface area contributed by atoms with Crippen LogP contribution in [0.15, 0.2) is 58.8 Å². The molecule has 0 saturated carbocycles. The first-order valence-electron chi connectivity index (χ1n) is 6.57. The smallest absolute Gasteiger partial charge is 0.234 e. The Morgan fingerprint density at radius 2 is 2.05 bits per heavy atom. The van der Waals surface area contributed by atoms with Gasteiger partial charge in [0.2, 0.25) is 5.78 Å². The number of imidazole rings is 1. The van der Waals surface area contributed by atoms with Crippen LogP contribution in [0.1, 0.15) is 0 Å². The van der Waals surface area contributed by atoms with E-state index < -0.39 is 0 Å². The van der Waals surface area contributed by atoms with Crippen LogP contribution in [0.4, 0.5) is 10.8 Å². The summed E-state index contributed by atoms with van der Waals surface area (Å²) in [6, 6.07) is 9.84. The van der Waals surface area contributed by atoms with E-state index >= 15 is 0 Å². The second-order valence-corrected chi connectivity index (χ2v) is 6.29. The van der Waals surface area contributed by atoms with Crippen molar-refractivity contribution >= 4 is 43.9 Å². The Hall–Kier alpha value is -2.25. The summed E-state index contributed by atoms with van der Waals surface area (Å²) >= 11 is 5.08. The highest BCUT2D eigenvalue weighted by atomic mass is 79.9. The third kappa shape index (κ3) is 2.38. The second kappa shape index (κ2) is 5.51. The quantitative estimate of drug-likeness (QED) is 0.581. The molecule has 3 heterocycles. The van der Waals surface area contributed by atoms with Gasteiger partial charge in [-0.15, -0.1) is 11.3 Å². The molecule has 1 aromatic carbocycles. The predicted octanol–water partition coefficient (Wildman–Crippen LogP) is 4.36. The molecule has 4 aromatic rings. The van der Waals surface area contributed by atoms with Crippen LogP contribution >= 0.6 is 27.3 Å². The van der Waals surface area contributed by atoms with Crippen molar-refractivity contribution in [2.45, 2.75) is 0 Å². The SMILES string of the molecule is Brc1ccccc1Nc1nc(-c2cnc3ncccn23)cs1. The fraction of sp³-hybridized carbons (Fsp3) is 0. The summed E-state index contributed by atoms with van der Waals surface area (Å²) in [6.45, 7) is 0. The number of anilines is 2. The average Bonchev–Trinajstić information content (AvgIpc) is 3.16. The molecule has 0 radical (unpaired) electrons. The molecule has 0 aliphatic carbocycles. The first-order valence-corrected chi connectivity index (χ1v) is 8.24. The molecule has 0 spiro atoms. The van der Waals surface area contributed by atoms with Crippen LogP contribution in [0.3, 0.4) is 0 Å². The minimum absolute atomic E-state index is 0.672. The number of hydrogen-bond donors (Lipinski definition) is 1. The number of benzene rings is 1. The minimum Gasteiger partial charge on any atom is -0.331 e. The van der Waals surface area contributed by atoms with Crippen LogP contribution in [0.2, 0.25) is 0 Å². The van der Waals surface area contributed by atoms with Crippen LogP contribution in [-0.2, 0) is 0 Å². The van der Waals surface area contributed by atoms with E-state index in [1.165, 1.54) is 0 Å². The number of fused-ring (bicyclic) bond motifs is 1. The van der Waals surface area contributed by atoms with Crippen molar-refractivity contribution in [1.82, 2.24) is 19.4 Å². The number of halogens is 1. The number of thiazole rings is 1. The molecule has 0 unspecified atom stereocenters. The third-order valence-electron chi connectivity index (χ3n) is 3.17. The molecule has 4 rings (SSSR count). The van der Waals surface area contributed by atoms with Gasteiger partial charge in [0.25, 0.3) is 0 Å². The highest BCUT2D eigenvalue weighted by Gasteiger charge is 2.10. The fourth-order valence-electron chi connectivity index (χ4n) is 2.14. The molecule has 0 atom stereocenters. The van der Waals surface area contributed by atoms with Crippen molar-refractivity contribution < 1.29 is 0 Å². The Kier molecular flexibility index (Phi) is 3.36. The second-order valence-electron chi connectivity index (χ2n) is 4.58. The molecule has 108 valence electrons. The number of nitrogens with zero attached hydrogens (tertiary/aromatic N) is 4. The lowest BCUT2D eigenvalue weighted by atomic mass is 10.3. The Morgan fingerprint density at radius 1 is 1.14 bits per heavy atom. The van der Waals surface area contributed by atoms with Crippen LogP contribution in [0.25, 0.3) is 17.2 Å². The summed E-state index contributed by atoms with van der Waals surface area (Å²) in [5.74, 6) is 0.672. The van der Waals surface area contributed by atoms with Crippen LogP contribution in [0, 0.1) is 0 Å². The molecular weight excluding hydrogens is 362 g/mol. The predicted molar refractivity (Wildman–Crippen MR) is 91.5 cm³/mol. The summed E-state index contributed by atoms with van der Waals surface area (Å²) in [5.41, 5.74) is 2.79. The van der Waals surface area contributed by atoms with Crippen LogP contribution in [0.5, 0.6) is 0 Å². The Bertz CT molecular complexity index is 946. The summed E-state index contributed by atoms with van der Waals surface area (Å²) in [7, 11) is 0. The lowest BCUT2D eigenvalue weighted by Crippen LogP contribution is -1.92. The molecule has 0 amide bonds. The summed E-state index contributed by atoms with van der Waals surface area (Å²) in [4.78, 5) is 13.1. The van der Waals surface area contributed by atoms with E-state index in [1.54, 1.807) is 23.7 Å². The number of hydrogen-bond acceptors (Lipinski definition) is 5. The summed E-state index contributed by atoms with van der Waals surface area (Å²) in [6.07, 6.45) is 5.46. The Labute approximate surface area is 138 Å². The highest BCUT2D eigenvalue weighted by Crippen LogP contribution is 2.30. The number of rotatable bonds is 3. The topological polar surface area (TPSA) is 55.1 Å². The molecule has 0 saturated heterocycles. The Morgan fingerprint density at radius 3 is 2.95 bits per heavy atom. The van der Waals surface area contributed by atoms with Gasteiger partial charge >= 0.3 is 0 Å². The molecule has 0 bridgehead atoms. The first kappa shape index (κ1) is 13.4. The van der Waals surface area contributed by atoms with Gasteiger partial charge in [-0.1, -0.05) is 12.1 Å². The molecule has 7 heteroatoms. The van der Waals surface area contributed by atoms with Gasteiger partial charge in [-0.25, -0.2) is 15.0 Å². The van der Waals surface area contributed by atoms with Crippen molar-refractivity contribution in [3.8, 4) is 11.4 Å². The fourth-order valence-corrected chi connectivity index (χ4v) is 3.24. The van der Waals surface area contributed by atoms with Crippen molar-refractivity contribution in [2.75, 3.05) is 5.32 Å². The normalized spacial score (nSPS) is 11.0. The highest BCUT2D eigenvalue weighted by molar-refractivity contribution is 9.10. The van der Waals surface area contributed by atoms with Gasteiger partial charge in [-0.2, -0.15) is 0 Å². The summed E-state index contributed by atoms with van der Waals surface area (Å²) in [5, 5.41) is 6.16. The van der Waals surface area contributed by atoms with E-state index in [4.69, 9.17) is 0 Å². The zero-order valence-electron chi connectivity index (χ0n) is 11.3. The molecular formula is C15H10BrN5S. The van der Waals surface area contributed by atoms with Crippen molar-refractivity contribution in [3.63, 3.8) is 0 Å². The largest absolute Gasteiger partial charge is 0.331 e. The van der Waals surface area contributed by atoms with Gasteiger partial charge < -0.3 is 5.32 Å². The monoisotopic (exact) mass is 371 g/mol. The molecule has 3 aromatic heterocycles. The van der Waals surface area contributed by atoms with Gasteiger partial charge in [-0.05, 0) is 34.1 Å². The van der Waals surface area contributed by atoms with E-state index in [-0.39, 0.29) is 0 Å². The van der Waals surface area contributed by atoms with Crippen LogP contribution < -0.4 is 5.32 Å². The average molecular weight is 372 g/mol. The lowest BCUT2D eigenvalue weighted by Gasteiger charge is -2.04. The summed E-state index contributed by atoms with van der Waals surface area (Å²) < 4.78 is 2.93. The lowest BCUT2D eigenvalue weighted by molar-refractivity contribution is 1.11. The zero-order valence-corrected chi connectivity index (χ0v) is 13.7. The first-order chi connectivity index (χ1) is 10.8. The number of para-hydroxylation sites is 1. The van der Waals surface area contributed by atoms with E-state index in [2.05, 4.69) is 36.2 Å². The van der Waals surface area contributed by atoms with E-state index in [1.807, 2.05) is 46.3 Å². The van der Waals surface area contributed by atoms with Gasteiger partial charge in [0.1, 0.15) is 5.69 Å². The maximum Gasteiger partial charge on any atom is 0.234 e. The number of nitrogens with one attached hydrogen (secondary N) is 1. The van der Waals surface area contributed by atoms with Gasteiger partial charge in [0.05, 0.1) is 17.6 Å². The maximum absolute atomic E-state index is 4.64.